The number of phenols is 1. The summed E-state index contributed by atoms with van der Waals surface area (Å²) in [7, 11) is 0. The Morgan fingerprint density at radius 2 is 1.93 bits per heavy atom. The van der Waals surface area contributed by atoms with Crippen LogP contribution in [0, 0.1) is 0 Å². The second kappa shape index (κ2) is 4.64. The molecule has 0 bridgehead atoms. The predicted molar refractivity (Wildman–Crippen MR) is 60.8 cm³/mol. The van der Waals surface area contributed by atoms with Crippen molar-refractivity contribution in [2.75, 3.05) is 6.54 Å². The lowest BCUT2D eigenvalue weighted by atomic mass is 10.1. The Hall–Kier alpha value is -1.06. The third kappa shape index (κ3) is 4.32. The summed E-state index contributed by atoms with van der Waals surface area (Å²) in [6.07, 6.45) is -1.36. The zero-order valence-corrected chi connectivity index (χ0v) is 7.99. The van der Waals surface area contributed by atoms with Gasteiger partial charge in [-0.3, -0.25) is 0 Å². The van der Waals surface area contributed by atoms with Crippen molar-refractivity contribution < 1.29 is 22.5 Å². The average Bonchev–Trinajstić information content (AvgIpc) is 2.34. The minimum atomic E-state index is -3.38. The fourth-order valence-electron chi connectivity index (χ4n) is 1.06. The largest absolute Gasteiger partial charge is 0.508 e. The number of hydrogen-bond donors (Lipinski definition) is 3. The van der Waals surface area contributed by atoms with Gasteiger partial charge in [0.15, 0.2) is 0 Å². The predicted octanol–water partition coefficient (Wildman–Crippen LogP) is 1.81. The summed E-state index contributed by atoms with van der Waals surface area (Å²) in [6, 6.07) is 5.26. The summed E-state index contributed by atoms with van der Waals surface area (Å²) in [5.41, 5.74) is -2.93. The topological polar surface area (TPSA) is 52.5 Å². The van der Waals surface area contributed by atoms with Crippen molar-refractivity contribution in [2.24, 2.45) is 0 Å². The lowest BCUT2D eigenvalue weighted by molar-refractivity contribution is 0.163. The van der Waals surface area contributed by atoms with Gasteiger partial charge in [0.25, 0.3) is 0 Å². The van der Waals surface area contributed by atoms with Crippen LogP contribution >= 0.6 is 0 Å². The van der Waals surface area contributed by atoms with Gasteiger partial charge in [0, 0.05) is 24.4 Å². The van der Waals surface area contributed by atoms with Gasteiger partial charge in [0.1, 0.15) is 5.75 Å². The van der Waals surface area contributed by atoms with E-state index >= 15 is 0 Å². The molecule has 0 heterocycles. The van der Waals surface area contributed by atoms with Crippen molar-refractivity contribution >= 4 is 0 Å². The van der Waals surface area contributed by atoms with Gasteiger partial charge >= 0.3 is 0 Å². The monoisotopic (exact) mass is 218 g/mol. The molecule has 0 aliphatic rings. The Bertz CT molecular complexity index is 512. The first-order chi connectivity index (χ1) is 10.6. The van der Waals surface area contributed by atoms with Gasteiger partial charge in [-0.25, -0.2) is 0 Å². The number of aliphatic hydroxyl groups excluding tert-OH is 1. The Balaban J connectivity index is 3.17. The summed E-state index contributed by atoms with van der Waals surface area (Å²) in [5, 5.41) is 21.3. The highest BCUT2D eigenvalue weighted by Crippen LogP contribution is 2.16. The molecule has 0 aliphatic carbocycles. The zero-order valence-electron chi connectivity index (χ0n) is 17.0. The van der Waals surface area contributed by atoms with E-state index in [1.54, 1.807) is 0 Å². The number of nitrogens with one attached hydrogen (secondary N) is 1. The summed E-state index contributed by atoms with van der Waals surface area (Å²) < 4.78 is 67.2. The molecule has 0 fully saturated rings. The van der Waals surface area contributed by atoms with Crippen LogP contribution in [0.3, 0.4) is 0 Å². The molecule has 0 saturated carbocycles. The molecule has 0 amide bonds. The van der Waals surface area contributed by atoms with Crippen molar-refractivity contribution in [1.29, 1.82) is 0 Å². The normalized spacial score (nSPS) is 25.3. The van der Waals surface area contributed by atoms with E-state index in [9.17, 15) is 10.2 Å². The number of aliphatic hydroxyl groups is 1. The highest BCUT2D eigenvalue weighted by molar-refractivity contribution is 5.27. The number of benzene rings is 1. The minimum absolute atomic E-state index is 0.0549. The second-order valence-corrected chi connectivity index (χ2v) is 3.24. The number of aromatic hydroxyl groups is 1. The quantitative estimate of drug-likeness (QED) is 0.725. The first-order valence-electron chi connectivity index (χ1n) is 8.85. The maximum atomic E-state index is 10.1. The first-order valence-corrected chi connectivity index (χ1v) is 4.35. The molecule has 1 rings (SSSR count). The molecule has 1 aromatic carbocycles. The van der Waals surface area contributed by atoms with Crippen molar-refractivity contribution in [2.45, 2.75) is 32.2 Å². The molecule has 84 valence electrons. The van der Waals surface area contributed by atoms with E-state index < -0.39 is 38.7 Å². The van der Waals surface area contributed by atoms with E-state index in [2.05, 4.69) is 5.32 Å². The van der Waals surface area contributed by atoms with Gasteiger partial charge in [-0.2, -0.15) is 0 Å². The van der Waals surface area contributed by atoms with Gasteiger partial charge < -0.3 is 15.5 Å². The average molecular weight is 218 g/mol. The second-order valence-electron chi connectivity index (χ2n) is 3.24. The van der Waals surface area contributed by atoms with Crippen LogP contribution in [-0.4, -0.2) is 22.3 Å². The molecule has 3 N–H and O–H groups in total. The molecule has 1 atom stereocenters. The molecular formula is C12H19NO2. The van der Waals surface area contributed by atoms with E-state index in [1.165, 1.54) is 24.3 Å². The zero-order chi connectivity index (χ0) is 19.0. The third-order valence-corrected chi connectivity index (χ3v) is 1.84. The Labute approximate surface area is 103 Å². The van der Waals surface area contributed by atoms with Crippen molar-refractivity contribution in [1.82, 2.24) is 5.32 Å². The van der Waals surface area contributed by atoms with Gasteiger partial charge in [-0.05, 0) is 38.3 Å². The molecule has 0 aliphatic heterocycles. The molecule has 1 unspecified atom stereocenters. The lowest BCUT2D eigenvalue weighted by Crippen LogP contribution is -2.38. The smallest absolute Gasteiger partial charge is 0.115 e. The van der Waals surface area contributed by atoms with Gasteiger partial charge in [0.2, 0.25) is 0 Å². The number of β-amino-alcohol motifs (C(OH)–C–C–N with tert-alkyl or cyclic N) is 1. The fourth-order valence-corrected chi connectivity index (χ4v) is 1.06. The maximum absolute atomic E-state index is 10.1. The van der Waals surface area contributed by atoms with Gasteiger partial charge in [0.05, 0.1) is 6.10 Å². The van der Waals surface area contributed by atoms with Crippen LogP contribution < -0.4 is 5.32 Å². The SMILES string of the molecule is [2H]C([2H])([2H])C(NCC(O)c1ccc(O)cc1)(C([2H])([2H])[2H])C([2H])([2H])[2H]. The highest BCUT2D eigenvalue weighted by atomic mass is 16.3. The molecule has 15 heavy (non-hydrogen) atoms. The number of hydrogen-bond acceptors (Lipinski definition) is 3. The summed E-state index contributed by atoms with van der Waals surface area (Å²) >= 11 is 0. The van der Waals surface area contributed by atoms with Crippen LogP contribution in [0.15, 0.2) is 24.3 Å². The van der Waals surface area contributed by atoms with Crippen LogP contribution in [-0.2, 0) is 0 Å². The number of rotatable bonds is 3. The molecule has 0 saturated heterocycles. The van der Waals surface area contributed by atoms with Crippen molar-refractivity contribution in [3.8, 4) is 5.75 Å². The van der Waals surface area contributed by atoms with Crippen LogP contribution in [0.4, 0.5) is 0 Å². The van der Waals surface area contributed by atoms with Crippen LogP contribution in [0.25, 0.3) is 0 Å². The fraction of sp³-hybridized carbons (Fsp3) is 0.500. The van der Waals surface area contributed by atoms with Crippen molar-refractivity contribution in [3.63, 3.8) is 0 Å². The summed E-state index contributed by atoms with van der Waals surface area (Å²) in [4.78, 5) is 0. The molecule has 3 nitrogen and oxygen atoms in total. The van der Waals surface area contributed by atoms with E-state index in [4.69, 9.17) is 12.3 Å². The Morgan fingerprint density at radius 1 is 1.33 bits per heavy atom. The molecule has 1 aromatic rings. The molecule has 3 heteroatoms. The third-order valence-electron chi connectivity index (χ3n) is 1.84. The van der Waals surface area contributed by atoms with E-state index in [0.29, 0.717) is 0 Å². The highest BCUT2D eigenvalue weighted by Gasteiger charge is 2.13. The Kier molecular flexibility index (Phi) is 1.37. The van der Waals surface area contributed by atoms with Crippen LogP contribution in [0.5, 0.6) is 5.75 Å². The molecular weight excluding hydrogens is 190 g/mol. The maximum Gasteiger partial charge on any atom is 0.115 e. The van der Waals surface area contributed by atoms with Gasteiger partial charge in [-0.15, -0.1) is 0 Å². The van der Waals surface area contributed by atoms with E-state index in [0.717, 1.165) is 0 Å². The van der Waals surface area contributed by atoms with E-state index in [-0.39, 0.29) is 11.3 Å². The minimum Gasteiger partial charge on any atom is -0.508 e. The van der Waals surface area contributed by atoms with Crippen LogP contribution in [0.1, 0.15) is 44.6 Å². The van der Waals surface area contributed by atoms with Gasteiger partial charge in [-0.1, -0.05) is 12.1 Å². The molecule has 0 aromatic heterocycles. The van der Waals surface area contributed by atoms with Crippen LogP contribution in [0.2, 0.25) is 0 Å². The summed E-state index contributed by atoms with van der Waals surface area (Å²) in [5.74, 6) is -0.0549. The first kappa shape index (κ1) is 4.44. The lowest BCUT2D eigenvalue weighted by Gasteiger charge is -2.23. The van der Waals surface area contributed by atoms with Crippen molar-refractivity contribution in [3.05, 3.63) is 29.8 Å². The molecule has 0 radical (unpaired) electrons. The summed E-state index contributed by atoms with van der Waals surface area (Å²) in [6.45, 7) is -10.7. The number of phenolic OH excluding ortho intramolecular Hbond substituents is 1. The Morgan fingerprint density at radius 3 is 2.47 bits per heavy atom. The standard InChI is InChI=1S/C12H19NO2/c1-12(2,3)13-8-11(15)9-4-6-10(14)7-5-9/h4-7,11,13-15H,8H2,1-3H3/i1D3,2D3,3D3. The van der Waals surface area contributed by atoms with E-state index in [1.807, 2.05) is 0 Å². The molecule has 0 spiro atoms.